The molecule has 0 saturated carbocycles. The largest absolute Gasteiger partial charge is 0.360 e. The van der Waals surface area contributed by atoms with Crippen molar-refractivity contribution in [1.82, 2.24) is 19.9 Å². The van der Waals surface area contributed by atoms with Gasteiger partial charge in [0.25, 0.3) is 0 Å². The van der Waals surface area contributed by atoms with Crippen molar-refractivity contribution in [2.75, 3.05) is 18.4 Å². The Labute approximate surface area is 156 Å². The summed E-state index contributed by atoms with van der Waals surface area (Å²) in [5.41, 5.74) is 4.68. The molecular formula is C19H23N5OS. The number of piperidine rings is 1. The third kappa shape index (κ3) is 3.64. The number of aromatic amines is 1. The fraction of sp³-hybridized carbons (Fsp3) is 0.421. The lowest BCUT2D eigenvalue weighted by atomic mass is 9.90. The molecular weight excluding hydrogens is 346 g/mol. The first-order chi connectivity index (χ1) is 12.6. The van der Waals surface area contributed by atoms with Crippen molar-refractivity contribution in [2.24, 2.45) is 0 Å². The quantitative estimate of drug-likeness (QED) is 0.736. The summed E-state index contributed by atoms with van der Waals surface area (Å²) in [6.45, 7) is 6.59. The first-order valence-electron chi connectivity index (χ1n) is 8.98. The maximum atomic E-state index is 11.2. The molecule has 3 aromatic heterocycles. The zero-order chi connectivity index (χ0) is 18.1. The van der Waals surface area contributed by atoms with E-state index in [1.807, 2.05) is 18.5 Å². The highest BCUT2D eigenvalue weighted by Gasteiger charge is 2.24. The van der Waals surface area contributed by atoms with Crippen LogP contribution in [-0.2, 0) is 11.3 Å². The van der Waals surface area contributed by atoms with Gasteiger partial charge in [-0.15, -0.1) is 11.3 Å². The summed E-state index contributed by atoms with van der Waals surface area (Å²) in [6.07, 6.45) is 6.24. The van der Waals surface area contributed by atoms with Crippen LogP contribution in [0.3, 0.4) is 0 Å². The van der Waals surface area contributed by atoms with Crippen LogP contribution in [0.4, 0.5) is 5.13 Å². The minimum atomic E-state index is -0.0769. The van der Waals surface area contributed by atoms with E-state index in [9.17, 15) is 4.79 Å². The van der Waals surface area contributed by atoms with Crippen LogP contribution in [0.25, 0.3) is 11.0 Å². The standard InChI is InChI=1S/C19H23N5OS/c1-12-8-16(18-17(22-12)5-6-20-18)14-4-3-7-24(10-14)11-15-9-21-19(26-15)23-13(2)25/h5-6,8-9,14,20H,3-4,7,10-11H2,1-2H3,(H,21,23,25). The van der Waals surface area contributed by atoms with Crippen LogP contribution >= 0.6 is 11.3 Å². The Hall–Kier alpha value is -2.25. The van der Waals surface area contributed by atoms with Gasteiger partial charge in [0.1, 0.15) is 0 Å². The summed E-state index contributed by atoms with van der Waals surface area (Å²) in [5.74, 6) is 0.432. The molecule has 136 valence electrons. The minimum absolute atomic E-state index is 0.0769. The van der Waals surface area contributed by atoms with Crippen molar-refractivity contribution < 1.29 is 4.79 Å². The zero-order valence-corrected chi connectivity index (χ0v) is 15.9. The monoisotopic (exact) mass is 369 g/mol. The number of hydrogen-bond donors (Lipinski definition) is 2. The van der Waals surface area contributed by atoms with Gasteiger partial charge in [-0.3, -0.25) is 14.7 Å². The van der Waals surface area contributed by atoms with Crippen molar-refractivity contribution in [3.05, 3.63) is 40.7 Å². The van der Waals surface area contributed by atoms with Gasteiger partial charge in [-0.25, -0.2) is 4.98 Å². The third-order valence-electron chi connectivity index (χ3n) is 4.84. The van der Waals surface area contributed by atoms with Gasteiger partial charge in [0.15, 0.2) is 5.13 Å². The van der Waals surface area contributed by atoms with Gasteiger partial charge in [0.2, 0.25) is 5.91 Å². The number of nitrogens with one attached hydrogen (secondary N) is 2. The minimum Gasteiger partial charge on any atom is -0.360 e. The molecule has 7 heteroatoms. The molecule has 26 heavy (non-hydrogen) atoms. The van der Waals surface area contributed by atoms with E-state index in [0.717, 1.165) is 30.8 Å². The molecule has 0 aliphatic carbocycles. The van der Waals surface area contributed by atoms with E-state index < -0.39 is 0 Å². The summed E-state index contributed by atoms with van der Waals surface area (Å²) in [4.78, 5) is 27.1. The molecule has 4 heterocycles. The number of anilines is 1. The van der Waals surface area contributed by atoms with Crippen molar-refractivity contribution in [1.29, 1.82) is 0 Å². The van der Waals surface area contributed by atoms with E-state index >= 15 is 0 Å². The molecule has 1 aliphatic rings. The molecule has 1 fully saturated rings. The molecule has 1 amide bonds. The van der Waals surface area contributed by atoms with Gasteiger partial charge in [0, 0.05) is 43.0 Å². The van der Waals surface area contributed by atoms with Crippen LogP contribution in [0, 0.1) is 6.92 Å². The van der Waals surface area contributed by atoms with Crippen molar-refractivity contribution in [3.8, 4) is 0 Å². The Kier molecular flexibility index (Phi) is 4.74. The molecule has 0 radical (unpaired) electrons. The molecule has 2 N–H and O–H groups in total. The number of H-pyrrole nitrogens is 1. The second kappa shape index (κ2) is 7.17. The molecule has 1 aliphatic heterocycles. The summed E-state index contributed by atoms with van der Waals surface area (Å²) >= 11 is 1.56. The summed E-state index contributed by atoms with van der Waals surface area (Å²) in [7, 11) is 0. The number of nitrogens with zero attached hydrogens (tertiary/aromatic N) is 3. The van der Waals surface area contributed by atoms with E-state index in [-0.39, 0.29) is 5.91 Å². The van der Waals surface area contributed by atoms with E-state index in [1.165, 1.54) is 35.7 Å². The van der Waals surface area contributed by atoms with E-state index in [4.69, 9.17) is 0 Å². The Morgan fingerprint density at radius 3 is 3.23 bits per heavy atom. The Bertz CT molecular complexity index is 931. The van der Waals surface area contributed by atoms with Gasteiger partial charge in [-0.1, -0.05) is 0 Å². The van der Waals surface area contributed by atoms with Crippen LogP contribution in [0.5, 0.6) is 0 Å². The maximum absolute atomic E-state index is 11.2. The molecule has 0 bridgehead atoms. The topological polar surface area (TPSA) is 73.9 Å². The highest BCUT2D eigenvalue weighted by Crippen LogP contribution is 2.32. The molecule has 4 rings (SSSR count). The maximum Gasteiger partial charge on any atom is 0.223 e. The lowest BCUT2D eigenvalue weighted by molar-refractivity contribution is -0.114. The highest BCUT2D eigenvalue weighted by atomic mass is 32.1. The van der Waals surface area contributed by atoms with Gasteiger partial charge in [0.05, 0.1) is 11.0 Å². The average molecular weight is 369 g/mol. The number of pyridine rings is 1. The summed E-state index contributed by atoms with van der Waals surface area (Å²) in [6, 6.07) is 4.28. The van der Waals surface area contributed by atoms with Gasteiger partial charge in [-0.2, -0.15) is 0 Å². The van der Waals surface area contributed by atoms with Crippen LogP contribution < -0.4 is 5.32 Å². The number of carbonyl (C=O) groups excluding carboxylic acids is 1. The Balaban J connectivity index is 1.49. The summed E-state index contributed by atoms with van der Waals surface area (Å²) in [5, 5.41) is 3.44. The molecule has 1 atom stereocenters. The predicted molar refractivity (Wildman–Crippen MR) is 105 cm³/mol. The fourth-order valence-electron chi connectivity index (χ4n) is 3.79. The third-order valence-corrected chi connectivity index (χ3v) is 5.73. The molecule has 1 saturated heterocycles. The number of aromatic nitrogens is 3. The second-order valence-corrected chi connectivity index (χ2v) is 8.09. The Morgan fingerprint density at radius 1 is 1.50 bits per heavy atom. The first kappa shape index (κ1) is 17.2. The number of hydrogen-bond acceptors (Lipinski definition) is 5. The average Bonchev–Trinajstić information content (AvgIpc) is 3.23. The zero-order valence-electron chi connectivity index (χ0n) is 15.1. The van der Waals surface area contributed by atoms with Crippen LogP contribution in [0.1, 0.15) is 41.8 Å². The molecule has 1 unspecified atom stereocenters. The lowest BCUT2D eigenvalue weighted by Gasteiger charge is -2.32. The van der Waals surface area contributed by atoms with Crippen molar-refractivity contribution >= 4 is 33.4 Å². The number of rotatable bonds is 4. The second-order valence-electron chi connectivity index (χ2n) is 6.98. The van der Waals surface area contributed by atoms with Gasteiger partial charge < -0.3 is 10.3 Å². The van der Waals surface area contributed by atoms with Crippen LogP contribution in [0.2, 0.25) is 0 Å². The van der Waals surface area contributed by atoms with Crippen LogP contribution in [-0.4, -0.2) is 38.8 Å². The highest BCUT2D eigenvalue weighted by molar-refractivity contribution is 7.15. The number of likely N-dealkylation sites (tertiary alicyclic amines) is 1. The lowest BCUT2D eigenvalue weighted by Crippen LogP contribution is -2.33. The normalized spacial score (nSPS) is 18.3. The van der Waals surface area contributed by atoms with E-state index in [2.05, 4.69) is 38.2 Å². The molecule has 3 aromatic rings. The van der Waals surface area contributed by atoms with Crippen molar-refractivity contribution in [2.45, 2.75) is 39.2 Å². The summed E-state index contributed by atoms with van der Waals surface area (Å²) < 4.78 is 0. The smallest absolute Gasteiger partial charge is 0.223 e. The van der Waals surface area contributed by atoms with Gasteiger partial charge >= 0.3 is 0 Å². The number of carbonyl (C=O) groups is 1. The predicted octanol–water partition coefficient (Wildman–Crippen LogP) is 3.67. The van der Waals surface area contributed by atoms with E-state index in [1.54, 1.807) is 11.3 Å². The SMILES string of the molecule is CC(=O)Nc1ncc(CN2CCCC(c3cc(C)nc4cc[nH]c34)C2)s1. The number of fused-ring (bicyclic) bond motifs is 1. The van der Waals surface area contributed by atoms with Crippen LogP contribution in [0.15, 0.2) is 24.5 Å². The number of aryl methyl sites for hydroxylation is 1. The fourth-order valence-corrected chi connectivity index (χ4v) is 4.69. The van der Waals surface area contributed by atoms with Gasteiger partial charge in [-0.05, 0) is 49.9 Å². The van der Waals surface area contributed by atoms with E-state index in [0.29, 0.717) is 11.0 Å². The first-order valence-corrected chi connectivity index (χ1v) is 9.79. The molecule has 0 aromatic carbocycles. The molecule has 6 nitrogen and oxygen atoms in total. The number of thiazole rings is 1. The molecule has 0 spiro atoms. The number of amides is 1. The Morgan fingerprint density at radius 2 is 2.38 bits per heavy atom. The van der Waals surface area contributed by atoms with Crippen molar-refractivity contribution in [3.63, 3.8) is 0 Å².